The fourth-order valence-corrected chi connectivity index (χ4v) is 13.1. The van der Waals surface area contributed by atoms with Crippen LogP contribution in [0.2, 0.25) is 10.0 Å². The number of pyridine rings is 2. The summed E-state index contributed by atoms with van der Waals surface area (Å²) in [6.07, 6.45) is 11.1. The number of aryl methyl sites for hydroxylation is 4. The van der Waals surface area contributed by atoms with Gasteiger partial charge in [-0.2, -0.15) is 9.46 Å². The Morgan fingerprint density at radius 3 is 1.41 bits per heavy atom. The van der Waals surface area contributed by atoms with E-state index in [1.165, 1.54) is 11.1 Å². The molecule has 18 heteroatoms. The molecule has 6 heterocycles. The van der Waals surface area contributed by atoms with Crippen molar-refractivity contribution in [3.05, 3.63) is 135 Å². The lowest BCUT2D eigenvalue weighted by Gasteiger charge is -2.40. The van der Waals surface area contributed by atoms with Gasteiger partial charge >= 0.3 is 6.09 Å². The zero-order valence-electron chi connectivity index (χ0n) is 42.2. The monoisotopic (exact) mass is 1200 g/mol. The number of carbonyl (C=O) groups is 3. The van der Waals surface area contributed by atoms with E-state index < -0.39 is 5.60 Å². The summed E-state index contributed by atoms with van der Waals surface area (Å²) in [6, 6.07) is 15.8. The molecular weight excluding hydrogens is 1120 g/mol. The second-order valence-corrected chi connectivity index (χ2v) is 24.3. The van der Waals surface area contributed by atoms with Crippen LogP contribution in [0.25, 0.3) is 0 Å². The summed E-state index contributed by atoms with van der Waals surface area (Å²) in [7, 11) is 0. The number of nitrogens with one attached hydrogen (secondary N) is 1. The van der Waals surface area contributed by atoms with E-state index in [0.29, 0.717) is 76.1 Å². The topological polar surface area (TPSA) is 143 Å². The van der Waals surface area contributed by atoms with Crippen molar-refractivity contribution in [2.24, 2.45) is 11.8 Å². The molecule has 1 N–H and O–H groups in total. The number of likely N-dealkylation sites (tertiary alicyclic amines) is 1. The van der Waals surface area contributed by atoms with Gasteiger partial charge in [0.15, 0.2) is 12.4 Å². The molecule has 0 spiro atoms. The summed E-state index contributed by atoms with van der Waals surface area (Å²) >= 11 is 19.7. The molecule has 10 rings (SSSR count). The normalized spacial score (nSPS) is 20.5. The largest absolute Gasteiger partial charge is 0.618 e. The number of benzene rings is 2. The van der Waals surface area contributed by atoms with Crippen LogP contribution in [0, 0.1) is 22.3 Å². The highest BCUT2D eigenvalue weighted by molar-refractivity contribution is 9.10. The second kappa shape index (κ2) is 25.6. The Morgan fingerprint density at radius 1 is 0.600 bits per heavy atom. The van der Waals surface area contributed by atoms with Crippen LogP contribution in [0.3, 0.4) is 0 Å². The molecule has 0 bridgehead atoms. The van der Waals surface area contributed by atoms with E-state index in [1.807, 2.05) is 54.8 Å². The number of hydrogen-bond acceptors (Lipinski definition) is 9. The quantitative estimate of drug-likeness (QED) is 0.148. The highest BCUT2D eigenvalue weighted by Crippen LogP contribution is 2.40. The summed E-state index contributed by atoms with van der Waals surface area (Å²) < 4.78 is 9.11. The van der Waals surface area contributed by atoms with Gasteiger partial charge in [-0.05, 0) is 188 Å². The molecule has 2 aliphatic carbocycles. The van der Waals surface area contributed by atoms with Crippen LogP contribution in [0.5, 0.6) is 0 Å². The number of piperazine rings is 2. The van der Waals surface area contributed by atoms with E-state index in [4.69, 9.17) is 27.9 Å². The maximum Gasteiger partial charge on any atom is 0.410 e. The number of aromatic nitrogens is 2. The van der Waals surface area contributed by atoms with Crippen LogP contribution in [0.4, 0.5) is 4.79 Å². The van der Waals surface area contributed by atoms with Crippen LogP contribution in [-0.4, -0.2) is 127 Å². The van der Waals surface area contributed by atoms with Crippen molar-refractivity contribution < 1.29 is 28.6 Å². The third kappa shape index (κ3) is 14.2. The first-order chi connectivity index (χ1) is 35.0. The second-order valence-electron chi connectivity index (χ2n) is 21.6. The fourth-order valence-electron chi connectivity index (χ4n) is 11.8. The van der Waals surface area contributed by atoms with Gasteiger partial charge in [-0.15, -0.1) is 0 Å². The third-order valence-corrected chi connectivity index (χ3v) is 16.9. The Morgan fingerprint density at radius 2 is 1.00 bits per heavy atom. The van der Waals surface area contributed by atoms with Crippen LogP contribution in [0.1, 0.15) is 131 Å². The van der Waals surface area contributed by atoms with Gasteiger partial charge in [0, 0.05) is 99.5 Å². The first-order valence-corrected chi connectivity index (χ1v) is 28.4. The number of fused-ring (bicyclic) bond motifs is 4. The Labute approximate surface area is 471 Å². The van der Waals surface area contributed by atoms with Crippen LogP contribution < -0.4 is 14.8 Å². The molecule has 2 aromatic carbocycles. The summed E-state index contributed by atoms with van der Waals surface area (Å²) in [6.45, 7) is 14.4. The zero-order chi connectivity index (χ0) is 51.6. The van der Waals surface area contributed by atoms with Crippen molar-refractivity contribution in [1.29, 1.82) is 0 Å². The van der Waals surface area contributed by atoms with Crippen molar-refractivity contribution in [2.45, 2.75) is 118 Å². The maximum atomic E-state index is 13.3. The molecule has 4 aliphatic heterocycles. The van der Waals surface area contributed by atoms with E-state index in [0.717, 1.165) is 135 Å². The van der Waals surface area contributed by atoms with Crippen molar-refractivity contribution in [3.63, 3.8) is 0 Å². The SMILES string of the molecule is C.C.CC(C)(C)OC(=O)N1CCC(CC(=O)N2CCN([C@H]3c4ccc(Cl)cc4CCc4cc(Br)c[n+]([O-])c43)CC2)CC1.O=C(CC1CCNCC1)N1CCN([C@H]2c3ccc(Cl)cc3CCc3cc(Br)c[n+]([O-])c32)CC1. The summed E-state index contributed by atoms with van der Waals surface area (Å²) in [5.41, 5.74) is 7.80. The minimum Gasteiger partial charge on any atom is -0.618 e. The summed E-state index contributed by atoms with van der Waals surface area (Å²) in [5, 5.41) is 31.2. The smallest absolute Gasteiger partial charge is 0.410 e. The predicted molar refractivity (Wildman–Crippen MR) is 303 cm³/mol. The van der Waals surface area contributed by atoms with Gasteiger partial charge in [0.25, 0.3) is 0 Å². The van der Waals surface area contributed by atoms with Gasteiger partial charge in [-0.1, -0.05) is 50.2 Å². The molecular formula is C57H76Br2Cl2N8O6. The minimum absolute atomic E-state index is 0. The lowest BCUT2D eigenvalue weighted by atomic mass is 9.93. The molecule has 0 unspecified atom stereocenters. The zero-order valence-corrected chi connectivity index (χ0v) is 46.9. The van der Waals surface area contributed by atoms with Gasteiger partial charge in [-0.3, -0.25) is 19.4 Å². The van der Waals surface area contributed by atoms with Crippen LogP contribution in [-0.2, 0) is 40.0 Å². The molecule has 408 valence electrons. The van der Waals surface area contributed by atoms with Crippen molar-refractivity contribution in [2.75, 3.05) is 78.5 Å². The molecule has 6 aliphatic rings. The van der Waals surface area contributed by atoms with Crippen molar-refractivity contribution >= 4 is 73.0 Å². The molecule has 2 atom stereocenters. The molecule has 4 aromatic rings. The van der Waals surface area contributed by atoms with E-state index in [-0.39, 0.29) is 50.8 Å². The number of amides is 3. The number of rotatable bonds is 6. The Balaban J connectivity index is 0.000000216. The van der Waals surface area contributed by atoms with E-state index in [9.17, 15) is 24.8 Å². The highest BCUT2D eigenvalue weighted by atomic mass is 79.9. The number of ether oxygens (including phenoxy) is 1. The maximum absolute atomic E-state index is 13.3. The lowest BCUT2D eigenvalue weighted by molar-refractivity contribution is -0.617. The van der Waals surface area contributed by atoms with Crippen molar-refractivity contribution in [3.8, 4) is 0 Å². The average molecular weight is 1200 g/mol. The predicted octanol–water partition coefficient (Wildman–Crippen LogP) is 9.84. The van der Waals surface area contributed by atoms with E-state index in [2.05, 4.69) is 71.2 Å². The molecule has 14 nitrogen and oxygen atoms in total. The first kappa shape index (κ1) is 58.6. The Bertz CT molecular complexity index is 2660. The van der Waals surface area contributed by atoms with E-state index >= 15 is 0 Å². The molecule has 0 saturated carbocycles. The molecule has 2 aromatic heterocycles. The standard InChI is InChI=1S/C30H38BrClN4O4.C25H30BrClN4O2.2CH4/c1-30(2,3)40-29(38)35-10-8-20(9-11-35)16-26(37)33-12-14-34(15-13-33)28-25-7-6-24(32)18-21(25)4-5-22-17-23(31)19-36(39)27(22)28;26-20-14-19-2-1-18-15-21(27)3-4-22(18)25(24(19)31(33)16-20)30-11-9-29(10-12-30)23(32)13-17-5-7-28-8-6-17;;/h6-7,17-20,28H,4-5,8-16H2,1-3H3;3-4,14-17,25,28H,1-2,5-13H2;2*1H4/t28-;25-;;/m00../s1. The number of carbonyl (C=O) groups excluding carboxylic acids is 3. The number of halogens is 4. The molecule has 3 amide bonds. The van der Waals surface area contributed by atoms with Gasteiger partial charge in [-0.25, -0.2) is 4.79 Å². The van der Waals surface area contributed by atoms with Crippen LogP contribution in [0.15, 0.2) is 69.9 Å². The van der Waals surface area contributed by atoms with Gasteiger partial charge < -0.3 is 35.2 Å². The Hall–Kier alpha value is -4.03. The van der Waals surface area contributed by atoms with Crippen molar-refractivity contribution in [1.82, 2.24) is 29.8 Å². The fraction of sp³-hybridized carbons (Fsp3) is 0.561. The number of hydrogen-bond donors (Lipinski definition) is 1. The molecule has 0 radical (unpaired) electrons. The lowest BCUT2D eigenvalue weighted by Crippen LogP contribution is -2.52. The minimum atomic E-state index is -0.509. The number of piperidine rings is 2. The first-order valence-electron chi connectivity index (χ1n) is 26.1. The molecule has 4 saturated heterocycles. The Kier molecular flexibility index (Phi) is 20.0. The summed E-state index contributed by atoms with van der Waals surface area (Å²) in [4.78, 5) is 49.0. The third-order valence-electron chi connectivity index (χ3n) is 15.6. The van der Waals surface area contributed by atoms with Gasteiger partial charge in [0.05, 0.1) is 8.95 Å². The molecule has 4 fully saturated rings. The van der Waals surface area contributed by atoms with Crippen LogP contribution >= 0.6 is 55.1 Å². The van der Waals surface area contributed by atoms with E-state index in [1.54, 1.807) is 17.3 Å². The number of nitrogens with zero attached hydrogens (tertiary/aromatic N) is 7. The van der Waals surface area contributed by atoms with Gasteiger partial charge in [0.1, 0.15) is 17.7 Å². The highest BCUT2D eigenvalue weighted by Gasteiger charge is 2.40. The van der Waals surface area contributed by atoms with Gasteiger partial charge in [0.2, 0.25) is 23.2 Å². The molecule has 75 heavy (non-hydrogen) atoms. The summed E-state index contributed by atoms with van der Waals surface area (Å²) in [5.74, 6) is 1.22. The average Bonchev–Trinajstić information content (AvgIpc) is 3.62.